The zero-order chi connectivity index (χ0) is 45.4. The van der Waals surface area contributed by atoms with Crippen molar-refractivity contribution in [3.8, 4) is 22.4 Å². The smallest absolute Gasteiger partial charge is 0.383 e. The quantitative estimate of drug-likeness (QED) is 0.115. The summed E-state index contributed by atoms with van der Waals surface area (Å²) in [5, 5.41) is 15.1. The van der Waals surface area contributed by atoms with E-state index in [2.05, 4.69) is 25.8 Å². The van der Waals surface area contributed by atoms with Crippen LogP contribution in [0.15, 0.2) is 55.0 Å². The van der Waals surface area contributed by atoms with E-state index >= 15 is 4.39 Å². The van der Waals surface area contributed by atoms with Crippen LogP contribution in [0.4, 0.5) is 34.8 Å². The summed E-state index contributed by atoms with van der Waals surface area (Å²) >= 11 is 0. The van der Waals surface area contributed by atoms with Gasteiger partial charge in [0.05, 0.1) is 40.0 Å². The molecule has 2 aromatic carbocycles. The zero-order valence-corrected chi connectivity index (χ0v) is 34.7. The molecule has 3 aromatic heterocycles. The maximum Gasteiger partial charge on any atom is 0.404 e. The van der Waals surface area contributed by atoms with Crippen molar-refractivity contribution in [1.29, 1.82) is 0 Å². The van der Waals surface area contributed by atoms with Crippen molar-refractivity contribution in [2.45, 2.75) is 62.8 Å². The lowest BCUT2D eigenvalue weighted by Crippen LogP contribution is -2.54. The molecule has 0 spiro atoms. The van der Waals surface area contributed by atoms with Gasteiger partial charge in [0.25, 0.3) is 11.8 Å². The summed E-state index contributed by atoms with van der Waals surface area (Å²) in [4.78, 5) is 71.6. The number of nitrogens with zero attached hydrogens (tertiary/aromatic N) is 7. The lowest BCUT2D eigenvalue weighted by atomic mass is 9.78. The normalized spacial score (nSPS) is 20.7. The Hall–Kier alpha value is -6.91. The lowest BCUT2D eigenvalue weighted by Gasteiger charge is -2.40. The molecular formula is C41H39F4N11O7S. The molecule has 6 heterocycles. The number of piperidine rings is 2. The number of sulfonamides is 1. The van der Waals surface area contributed by atoms with Gasteiger partial charge in [-0.05, 0) is 56.4 Å². The van der Waals surface area contributed by atoms with Crippen LogP contribution in [0.2, 0.25) is 0 Å². The second-order valence-electron chi connectivity index (χ2n) is 16.4. The van der Waals surface area contributed by atoms with Crippen LogP contribution in [0.1, 0.15) is 65.3 Å². The van der Waals surface area contributed by atoms with E-state index in [-0.39, 0.29) is 65.0 Å². The monoisotopic (exact) mass is 905 g/mol. The Balaban J connectivity index is 0.823. The van der Waals surface area contributed by atoms with E-state index in [0.717, 1.165) is 17.0 Å². The number of halogens is 4. The number of hydrogen-bond acceptors (Lipinski definition) is 12. The molecule has 23 heteroatoms. The van der Waals surface area contributed by atoms with Crippen molar-refractivity contribution in [3.63, 3.8) is 0 Å². The molecule has 3 fully saturated rings. The van der Waals surface area contributed by atoms with Crippen LogP contribution in [0.5, 0.6) is 0 Å². The molecule has 1 atom stereocenters. The highest BCUT2D eigenvalue weighted by atomic mass is 32.2. The van der Waals surface area contributed by atoms with Crippen LogP contribution < -0.4 is 21.1 Å². The van der Waals surface area contributed by atoms with Crippen molar-refractivity contribution in [2.24, 2.45) is 13.0 Å². The third kappa shape index (κ3) is 7.76. The summed E-state index contributed by atoms with van der Waals surface area (Å²) in [7, 11) is -3.27. The fraction of sp³-hybridized carbons (Fsp3) is 0.366. The average molecular weight is 906 g/mol. The van der Waals surface area contributed by atoms with Gasteiger partial charge in [-0.2, -0.15) is 23.4 Å². The van der Waals surface area contributed by atoms with Crippen LogP contribution in [-0.4, -0.2) is 109 Å². The predicted octanol–water partition coefficient (Wildman–Crippen LogP) is 3.98. The SMILES string of the molecule is Cn1nc(-c2ccc(NS(=O)(=O)CC(F)(F)F)c(F)c2)c2c(N)ncc(-c3cnn(C4CCN(C(=O)C5CC(Nc6cccc7c6C(=O)N(C6CCC(=O)NC6=O)C7=O)C5)CC4)c3)c21. The summed E-state index contributed by atoms with van der Waals surface area (Å²) in [6.07, 6.45) is 2.45. The number of likely N-dealkylation sites (tertiary alicyclic amines) is 1. The van der Waals surface area contributed by atoms with Gasteiger partial charge in [0.15, 0.2) is 5.75 Å². The Bertz CT molecular complexity index is 2900. The molecule has 2 saturated heterocycles. The second-order valence-corrected chi connectivity index (χ2v) is 18.1. The molecule has 1 unspecified atom stereocenters. The number of carbonyl (C=O) groups excluding carboxylic acids is 5. The number of anilines is 3. The molecule has 0 radical (unpaired) electrons. The molecule has 4 aliphatic rings. The molecule has 0 bridgehead atoms. The van der Waals surface area contributed by atoms with Gasteiger partial charge in [0.1, 0.15) is 23.4 Å². The number of nitrogens with one attached hydrogen (secondary N) is 3. The molecule has 5 amide bonds. The first-order chi connectivity index (χ1) is 30.4. The van der Waals surface area contributed by atoms with Crippen molar-refractivity contribution < 1.29 is 50.0 Å². The number of imide groups is 2. The number of carbonyl (C=O) groups is 5. The summed E-state index contributed by atoms with van der Waals surface area (Å²) in [6.45, 7) is 1.01. The standard InChI is InChI=1S/C41H39F4N11O7S/c1-53-35-26(17-47-36(46)33(35)34(51-53)20-5-6-28(27(42)15-20)52-64(62,63)19-41(43,44)45)22-16-48-55(18-22)24-9-11-54(12-10-24)38(59)21-13-23(14-21)49-29-4-2-3-25-32(29)40(61)56(39(25)60)30-7-8-31(57)50-37(30)58/h2-6,15-18,21,23-24,30,49,52H,7-14,19H2,1H3,(H2,46,47)(H,50,57,58). The molecule has 1 aliphatic carbocycles. The highest BCUT2D eigenvalue weighted by Gasteiger charge is 2.46. The third-order valence-corrected chi connectivity index (χ3v) is 13.4. The van der Waals surface area contributed by atoms with Crippen molar-refractivity contribution >= 4 is 67.7 Å². The molecule has 334 valence electrons. The fourth-order valence-electron chi connectivity index (χ4n) is 8.99. The number of nitrogen functional groups attached to an aromatic ring is 1. The number of fused-ring (bicyclic) bond motifs is 2. The Morgan fingerprint density at radius 1 is 0.969 bits per heavy atom. The number of rotatable bonds is 10. The highest BCUT2D eigenvalue weighted by molar-refractivity contribution is 7.92. The number of hydrogen-bond donors (Lipinski definition) is 4. The number of amides is 5. The van der Waals surface area contributed by atoms with Gasteiger partial charge in [-0.1, -0.05) is 12.1 Å². The first-order valence-electron chi connectivity index (χ1n) is 20.3. The van der Waals surface area contributed by atoms with E-state index in [1.165, 1.54) is 16.8 Å². The molecule has 64 heavy (non-hydrogen) atoms. The molecular weight excluding hydrogens is 867 g/mol. The fourth-order valence-corrected chi connectivity index (χ4v) is 9.99. The number of nitrogens with two attached hydrogens (primary N) is 1. The molecule has 5 aromatic rings. The maximum absolute atomic E-state index is 15.1. The lowest BCUT2D eigenvalue weighted by molar-refractivity contribution is -0.140. The summed E-state index contributed by atoms with van der Waals surface area (Å²) in [6, 6.07) is 6.91. The van der Waals surface area contributed by atoms with Gasteiger partial charge < -0.3 is 16.0 Å². The Morgan fingerprint density at radius 3 is 2.42 bits per heavy atom. The summed E-state index contributed by atoms with van der Waals surface area (Å²) < 4.78 is 82.2. The van der Waals surface area contributed by atoms with E-state index in [9.17, 15) is 45.6 Å². The van der Waals surface area contributed by atoms with Crippen molar-refractivity contribution in [2.75, 3.05) is 34.6 Å². The largest absolute Gasteiger partial charge is 0.404 e. The summed E-state index contributed by atoms with van der Waals surface area (Å²) in [5.41, 5.74) is 8.64. The average Bonchev–Trinajstić information content (AvgIpc) is 3.91. The van der Waals surface area contributed by atoms with Crippen LogP contribution in [0.3, 0.4) is 0 Å². The second kappa shape index (κ2) is 15.7. The van der Waals surface area contributed by atoms with Crippen LogP contribution >= 0.6 is 0 Å². The number of alkyl halides is 3. The van der Waals surface area contributed by atoms with Gasteiger partial charge in [0.2, 0.25) is 27.7 Å². The van der Waals surface area contributed by atoms with Crippen LogP contribution in [0.25, 0.3) is 33.3 Å². The number of benzene rings is 2. The Morgan fingerprint density at radius 2 is 1.72 bits per heavy atom. The maximum atomic E-state index is 15.1. The molecule has 18 nitrogen and oxygen atoms in total. The van der Waals surface area contributed by atoms with Gasteiger partial charge in [-0.15, -0.1) is 0 Å². The first kappa shape index (κ1) is 42.4. The third-order valence-electron chi connectivity index (χ3n) is 12.1. The van der Waals surface area contributed by atoms with Gasteiger partial charge >= 0.3 is 6.18 Å². The van der Waals surface area contributed by atoms with E-state index < -0.39 is 63.1 Å². The number of aryl methyl sites for hydroxylation is 1. The minimum Gasteiger partial charge on any atom is -0.383 e. The highest BCUT2D eigenvalue weighted by Crippen LogP contribution is 2.40. The minimum absolute atomic E-state index is 0.0189. The van der Waals surface area contributed by atoms with E-state index in [1.807, 2.05) is 15.8 Å². The van der Waals surface area contributed by atoms with Crippen LogP contribution in [0, 0.1) is 11.7 Å². The molecule has 9 rings (SSSR count). The molecule has 3 aliphatic heterocycles. The van der Waals surface area contributed by atoms with E-state index in [0.29, 0.717) is 66.5 Å². The van der Waals surface area contributed by atoms with E-state index in [4.69, 9.17) is 5.73 Å². The van der Waals surface area contributed by atoms with Crippen LogP contribution in [-0.2, 0) is 31.5 Å². The number of aromatic nitrogens is 5. The van der Waals surface area contributed by atoms with Gasteiger partial charge in [-0.3, -0.25) is 48.3 Å². The Labute approximate surface area is 361 Å². The molecule has 1 saturated carbocycles. The Kier molecular flexibility index (Phi) is 10.4. The topological polar surface area (TPSA) is 237 Å². The van der Waals surface area contributed by atoms with Crippen molar-refractivity contribution in [3.05, 3.63) is 71.9 Å². The van der Waals surface area contributed by atoms with Gasteiger partial charge in [-0.25, -0.2) is 17.8 Å². The van der Waals surface area contributed by atoms with Gasteiger partial charge in [0, 0.05) is 73.3 Å². The first-order valence-corrected chi connectivity index (χ1v) is 21.9. The number of pyridine rings is 1. The summed E-state index contributed by atoms with van der Waals surface area (Å²) in [5.74, 6) is -5.76. The van der Waals surface area contributed by atoms with E-state index in [1.54, 1.807) is 36.3 Å². The zero-order valence-electron chi connectivity index (χ0n) is 33.9. The van der Waals surface area contributed by atoms with Crippen molar-refractivity contribution in [1.82, 2.24) is 39.7 Å². The minimum atomic E-state index is -5.02. The molecule has 5 N–H and O–H groups in total. The predicted molar refractivity (Wildman–Crippen MR) is 221 cm³/mol.